The maximum absolute atomic E-state index is 11.0. The zero-order chi connectivity index (χ0) is 12.7. The Morgan fingerprint density at radius 2 is 2.00 bits per heavy atom. The molecule has 100 valence electrons. The highest BCUT2D eigenvalue weighted by molar-refractivity contribution is 5.73. The van der Waals surface area contributed by atoms with Crippen molar-refractivity contribution in [1.29, 1.82) is 0 Å². The number of hydrogen-bond acceptors (Lipinski definition) is 3. The third-order valence-corrected chi connectivity index (χ3v) is 3.85. The van der Waals surface area contributed by atoms with E-state index in [0.29, 0.717) is 13.0 Å². The van der Waals surface area contributed by atoms with Crippen molar-refractivity contribution in [1.82, 2.24) is 5.32 Å². The molecule has 0 heterocycles. The van der Waals surface area contributed by atoms with Crippen molar-refractivity contribution in [3.8, 4) is 0 Å². The molecule has 17 heavy (non-hydrogen) atoms. The quantitative estimate of drug-likeness (QED) is 0.637. The first-order valence-electron chi connectivity index (χ1n) is 6.70. The van der Waals surface area contributed by atoms with Gasteiger partial charge in [0, 0.05) is 18.6 Å². The summed E-state index contributed by atoms with van der Waals surface area (Å²) < 4.78 is 0. The van der Waals surface area contributed by atoms with Gasteiger partial charge in [0.05, 0.1) is 0 Å². The van der Waals surface area contributed by atoms with Gasteiger partial charge in [-0.3, -0.25) is 4.79 Å². The first-order valence-corrected chi connectivity index (χ1v) is 6.70. The van der Waals surface area contributed by atoms with E-state index in [0.717, 1.165) is 32.1 Å². The SMILES string of the molecule is CCCC(NCC1(CO)CCCCC1)C(=O)O. The van der Waals surface area contributed by atoms with Crippen LogP contribution in [0.4, 0.5) is 0 Å². The summed E-state index contributed by atoms with van der Waals surface area (Å²) in [6.45, 7) is 2.78. The van der Waals surface area contributed by atoms with Gasteiger partial charge in [0.2, 0.25) is 0 Å². The third-order valence-electron chi connectivity index (χ3n) is 3.85. The molecule has 0 spiro atoms. The molecule has 0 bridgehead atoms. The highest BCUT2D eigenvalue weighted by Crippen LogP contribution is 2.35. The van der Waals surface area contributed by atoms with E-state index in [9.17, 15) is 9.90 Å². The zero-order valence-electron chi connectivity index (χ0n) is 10.7. The Balaban J connectivity index is 2.47. The Bertz CT molecular complexity index is 237. The van der Waals surface area contributed by atoms with Crippen LogP contribution in [0.25, 0.3) is 0 Å². The fourth-order valence-corrected chi connectivity index (χ4v) is 2.63. The number of nitrogens with one attached hydrogen (secondary N) is 1. The molecule has 0 saturated heterocycles. The molecule has 4 nitrogen and oxygen atoms in total. The Morgan fingerprint density at radius 3 is 2.47 bits per heavy atom. The lowest BCUT2D eigenvalue weighted by Crippen LogP contribution is -2.46. The van der Waals surface area contributed by atoms with E-state index < -0.39 is 12.0 Å². The summed E-state index contributed by atoms with van der Waals surface area (Å²) in [6.07, 6.45) is 7.05. The van der Waals surface area contributed by atoms with Crippen LogP contribution < -0.4 is 5.32 Å². The molecular formula is C13H25NO3. The molecule has 0 aromatic heterocycles. The first kappa shape index (κ1) is 14.5. The highest BCUT2D eigenvalue weighted by atomic mass is 16.4. The van der Waals surface area contributed by atoms with Crippen molar-refractivity contribution >= 4 is 5.97 Å². The van der Waals surface area contributed by atoms with E-state index in [4.69, 9.17) is 5.11 Å². The monoisotopic (exact) mass is 243 g/mol. The summed E-state index contributed by atoms with van der Waals surface area (Å²) >= 11 is 0. The number of carboxylic acid groups (broad SMARTS) is 1. The summed E-state index contributed by atoms with van der Waals surface area (Å²) in [5.41, 5.74) is -0.0836. The fourth-order valence-electron chi connectivity index (χ4n) is 2.63. The number of hydrogen-bond donors (Lipinski definition) is 3. The lowest BCUT2D eigenvalue weighted by atomic mass is 9.74. The van der Waals surface area contributed by atoms with Crippen molar-refractivity contribution in [3.63, 3.8) is 0 Å². The topological polar surface area (TPSA) is 69.6 Å². The summed E-state index contributed by atoms with van der Waals surface area (Å²) in [6, 6.07) is -0.467. The molecule has 1 saturated carbocycles. The number of carboxylic acids is 1. The predicted octanol–water partition coefficient (Wildman–Crippen LogP) is 1.77. The fraction of sp³-hybridized carbons (Fsp3) is 0.923. The van der Waals surface area contributed by atoms with E-state index in [2.05, 4.69) is 5.32 Å². The minimum Gasteiger partial charge on any atom is -0.480 e. The minimum absolute atomic E-state index is 0.0836. The van der Waals surface area contributed by atoms with Crippen molar-refractivity contribution in [3.05, 3.63) is 0 Å². The molecule has 0 radical (unpaired) electrons. The second kappa shape index (κ2) is 6.97. The number of aliphatic hydroxyl groups excluding tert-OH is 1. The Hall–Kier alpha value is -0.610. The van der Waals surface area contributed by atoms with Gasteiger partial charge >= 0.3 is 5.97 Å². The second-order valence-electron chi connectivity index (χ2n) is 5.28. The van der Waals surface area contributed by atoms with E-state index in [1.165, 1.54) is 6.42 Å². The lowest BCUT2D eigenvalue weighted by molar-refractivity contribution is -0.139. The average molecular weight is 243 g/mol. The zero-order valence-corrected chi connectivity index (χ0v) is 10.7. The summed E-state index contributed by atoms with van der Waals surface area (Å²) in [5.74, 6) is -0.782. The van der Waals surface area contributed by atoms with Crippen LogP contribution in [0.2, 0.25) is 0 Å². The maximum Gasteiger partial charge on any atom is 0.320 e. The highest BCUT2D eigenvalue weighted by Gasteiger charge is 2.32. The van der Waals surface area contributed by atoms with Crippen LogP contribution in [0.1, 0.15) is 51.9 Å². The van der Waals surface area contributed by atoms with Gasteiger partial charge in [-0.1, -0.05) is 32.6 Å². The van der Waals surface area contributed by atoms with Crippen LogP contribution in [-0.4, -0.2) is 35.4 Å². The minimum atomic E-state index is -0.782. The van der Waals surface area contributed by atoms with Gasteiger partial charge in [0.15, 0.2) is 0 Å². The molecule has 1 rings (SSSR count). The molecule has 0 aliphatic heterocycles. The average Bonchev–Trinajstić information content (AvgIpc) is 2.35. The smallest absolute Gasteiger partial charge is 0.320 e. The molecule has 0 aromatic carbocycles. The molecule has 4 heteroatoms. The van der Waals surface area contributed by atoms with E-state index in [1.54, 1.807) is 0 Å². The molecule has 0 amide bonds. The van der Waals surface area contributed by atoms with Gasteiger partial charge in [-0.25, -0.2) is 0 Å². The van der Waals surface area contributed by atoms with Crippen molar-refractivity contribution in [2.45, 2.75) is 57.9 Å². The molecule has 1 unspecified atom stereocenters. The normalized spacial score (nSPS) is 21.1. The van der Waals surface area contributed by atoms with Crippen LogP contribution >= 0.6 is 0 Å². The van der Waals surface area contributed by atoms with Gasteiger partial charge in [-0.05, 0) is 19.3 Å². The van der Waals surface area contributed by atoms with Crippen LogP contribution in [-0.2, 0) is 4.79 Å². The molecule has 1 atom stereocenters. The van der Waals surface area contributed by atoms with Crippen molar-refractivity contribution in [2.24, 2.45) is 5.41 Å². The molecule has 1 aliphatic carbocycles. The predicted molar refractivity (Wildman–Crippen MR) is 66.9 cm³/mol. The molecule has 3 N–H and O–H groups in total. The summed E-state index contributed by atoms with van der Waals surface area (Å²) in [5, 5.41) is 21.7. The third kappa shape index (κ3) is 4.28. The number of aliphatic hydroxyl groups is 1. The van der Waals surface area contributed by atoms with Crippen LogP contribution in [0, 0.1) is 5.41 Å². The van der Waals surface area contributed by atoms with Gasteiger partial charge in [-0.2, -0.15) is 0 Å². The van der Waals surface area contributed by atoms with Crippen molar-refractivity contribution < 1.29 is 15.0 Å². The van der Waals surface area contributed by atoms with Crippen LogP contribution in [0.15, 0.2) is 0 Å². The Morgan fingerprint density at radius 1 is 1.35 bits per heavy atom. The number of rotatable bonds is 7. The van der Waals surface area contributed by atoms with E-state index in [-0.39, 0.29) is 12.0 Å². The second-order valence-corrected chi connectivity index (χ2v) is 5.28. The molecule has 0 aromatic rings. The Labute approximate surface area is 103 Å². The molecule has 1 fully saturated rings. The number of carbonyl (C=O) groups is 1. The van der Waals surface area contributed by atoms with E-state index in [1.807, 2.05) is 6.92 Å². The van der Waals surface area contributed by atoms with Gasteiger partial charge in [-0.15, -0.1) is 0 Å². The first-order chi connectivity index (χ1) is 8.13. The van der Waals surface area contributed by atoms with Gasteiger partial charge in [0.1, 0.15) is 6.04 Å². The van der Waals surface area contributed by atoms with E-state index >= 15 is 0 Å². The summed E-state index contributed by atoms with van der Waals surface area (Å²) in [4.78, 5) is 11.0. The van der Waals surface area contributed by atoms with Gasteiger partial charge < -0.3 is 15.5 Å². The Kier molecular flexibility index (Phi) is 5.92. The standard InChI is InChI=1S/C13H25NO3/c1-2-6-11(12(16)17)14-9-13(10-15)7-4-3-5-8-13/h11,14-15H,2-10H2,1H3,(H,16,17). The summed E-state index contributed by atoms with van der Waals surface area (Å²) in [7, 11) is 0. The molecular weight excluding hydrogens is 218 g/mol. The molecule has 1 aliphatic rings. The van der Waals surface area contributed by atoms with Crippen molar-refractivity contribution in [2.75, 3.05) is 13.2 Å². The largest absolute Gasteiger partial charge is 0.480 e. The van der Waals surface area contributed by atoms with Crippen LogP contribution in [0.3, 0.4) is 0 Å². The number of aliphatic carboxylic acids is 1. The van der Waals surface area contributed by atoms with Crippen LogP contribution in [0.5, 0.6) is 0 Å². The van der Waals surface area contributed by atoms with Gasteiger partial charge in [0.25, 0.3) is 0 Å². The lowest BCUT2D eigenvalue weighted by Gasteiger charge is -2.36. The maximum atomic E-state index is 11.0.